The van der Waals surface area contributed by atoms with Crippen LogP contribution in [0, 0.1) is 6.92 Å². The van der Waals surface area contributed by atoms with Gasteiger partial charge in [0.25, 0.3) is 0 Å². The lowest BCUT2D eigenvalue weighted by Crippen LogP contribution is -2.34. The van der Waals surface area contributed by atoms with Gasteiger partial charge in [-0.25, -0.2) is 5.01 Å². The SMILES string of the molecule is CNC(=S)N1N=C(c2ccc(C)cc2)C[C@H]1c1ccc(OC)cc1. The molecule has 5 heteroatoms. The molecule has 1 atom stereocenters. The van der Waals surface area contributed by atoms with E-state index in [1.54, 1.807) is 7.11 Å². The van der Waals surface area contributed by atoms with Gasteiger partial charge in [-0.2, -0.15) is 5.10 Å². The van der Waals surface area contributed by atoms with E-state index in [1.165, 1.54) is 11.1 Å². The first-order valence-corrected chi connectivity index (χ1v) is 8.32. The first kappa shape index (κ1) is 16.5. The van der Waals surface area contributed by atoms with E-state index in [0.717, 1.165) is 23.4 Å². The molecule has 3 rings (SSSR count). The van der Waals surface area contributed by atoms with Crippen molar-refractivity contribution in [2.75, 3.05) is 14.2 Å². The molecule has 0 radical (unpaired) electrons. The highest BCUT2D eigenvalue weighted by Crippen LogP contribution is 2.33. The summed E-state index contributed by atoms with van der Waals surface area (Å²) in [6, 6.07) is 16.6. The van der Waals surface area contributed by atoms with Crippen LogP contribution in [0.4, 0.5) is 0 Å². The number of aryl methyl sites for hydroxylation is 1. The van der Waals surface area contributed by atoms with E-state index in [1.807, 2.05) is 24.2 Å². The van der Waals surface area contributed by atoms with Crippen LogP contribution in [0.3, 0.4) is 0 Å². The second kappa shape index (κ2) is 7.01. The van der Waals surface area contributed by atoms with E-state index in [4.69, 9.17) is 22.1 Å². The topological polar surface area (TPSA) is 36.9 Å². The third-order valence-electron chi connectivity index (χ3n) is 4.22. The highest BCUT2D eigenvalue weighted by atomic mass is 32.1. The fraction of sp³-hybridized carbons (Fsp3) is 0.263. The molecule has 2 aromatic rings. The maximum Gasteiger partial charge on any atom is 0.189 e. The summed E-state index contributed by atoms with van der Waals surface area (Å²) in [5, 5.41) is 10.3. The van der Waals surface area contributed by atoms with Crippen molar-refractivity contribution >= 4 is 23.0 Å². The Kier molecular flexibility index (Phi) is 4.81. The number of hydrogen-bond acceptors (Lipinski definition) is 3. The summed E-state index contributed by atoms with van der Waals surface area (Å²) < 4.78 is 5.25. The number of thiocarbonyl (C=S) groups is 1. The molecule has 2 aromatic carbocycles. The Balaban J connectivity index is 1.91. The summed E-state index contributed by atoms with van der Waals surface area (Å²) in [6.07, 6.45) is 0.817. The molecule has 1 aliphatic heterocycles. The van der Waals surface area contributed by atoms with Gasteiger partial charge < -0.3 is 10.1 Å². The smallest absolute Gasteiger partial charge is 0.189 e. The Hall–Kier alpha value is -2.40. The zero-order valence-electron chi connectivity index (χ0n) is 14.1. The fourth-order valence-corrected chi connectivity index (χ4v) is 2.99. The van der Waals surface area contributed by atoms with Gasteiger partial charge in [0.2, 0.25) is 0 Å². The second-order valence-corrected chi connectivity index (χ2v) is 6.19. The molecule has 0 unspecified atom stereocenters. The molecule has 0 spiro atoms. The van der Waals surface area contributed by atoms with Crippen molar-refractivity contribution in [3.05, 3.63) is 65.2 Å². The number of nitrogens with one attached hydrogen (secondary N) is 1. The fourth-order valence-electron chi connectivity index (χ4n) is 2.82. The summed E-state index contributed by atoms with van der Waals surface area (Å²) in [7, 11) is 3.50. The number of ether oxygens (including phenoxy) is 1. The Morgan fingerprint density at radius 2 is 1.83 bits per heavy atom. The average molecular weight is 339 g/mol. The van der Waals surface area contributed by atoms with E-state index < -0.39 is 0 Å². The minimum absolute atomic E-state index is 0.0900. The molecule has 0 aliphatic carbocycles. The van der Waals surface area contributed by atoms with Crippen molar-refractivity contribution in [3.8, 4) is 5.75 Å². The third-order valence-corrected chi connectivity index (χ3v) is 4.61. The molecular formula is C19H21N3OS. The lowest BCUT2D eigenvalue weighted by Gasteiger charge is -2.23. The highest BCUT2D eigenvalue weighted by Gasteiger charge is 2.31. The lowest BCUT2D eigenvalue weighted by atomic mass is 9.98. The molecule has 1 N–H and O–H groups in total. The third kappa shape index (κ3) is 3.26. The summed E-state index contributed by atoms with van der Waals surface area (Å²) >= 11 is 5.45. The maximum absolute atomic E-state index is 5.45. The highest BCUT2D eigenvalue weighted by molar-refractivity contribution is 7.80. The van der Waals surface area contributed by atoms with Crippen molar-refractivity contribution in [1.29, 1.82) is 0 Å². The van der Waals surface area contributed by atoms with Crippen molar-refractivity contribution < 1.29 is 4.74 Å². The van der Waals surface area contributed by atoms with Crippen molar-refractivity contribution in [2.24, 2.45) is 5.10 Å². The molecule has 1 aliphatic rings. The molecule has 0 fully saturated rings. The zero-order chi connectivity index (χ0) is 17.1. The first-order valence-electron chi connectivity index (χ1n) is 7.92. The van der Waals surface area contributed by atoms with Gasteiger partial charge in [0.1, 0.15) is 5.75 Å². The van der Waals surface area contributed by atoms with Gasteiger partial charge in [-0.05, 0) is 42.4 Å². The molecule has 4 nitrogen and oxygen atoms in total. The van der Waals surface area contributed by atoms with E-state index in [-0.39, 0.29) is 6.04 Å². The molecule has 0 saturated carbocycles. The lowest BCUT2D eigenvalue weighted by molar-refractivity contribution is 0.365. The van der Waals surface area contributed by atoms with Gasteiger partial charge in [0.15, 0.2) is 5.11 Å². The van der Waals surface area contributed by atoms with E-state index in [9.17, 15) is 0 Å². The van der Waals surface area contributed by atoms with Gasteiger partial charge in [-0.3, -0.25) is 0 Å². The summed E-state index contributed by atoms with van der Waals surface area (Å²) in [4.78, 5) is 0. The van der Waals surface area contributed by atoms with Gasteiger partial charge in [-0.15, -0.1) is 0 Å². The van der Waals surface area contributed by atoms with E-state index in [2.05, 4.69) is 48.6 Å². The average Bonchev–Trinajstić information content (AvgIpc) is 3.07. The van der Waals surface area contributed by atoms with Gasteiger partial charge in [0.05, 0.1) is 18.9 Å². The molecular weight excluding hydrogens is 318 g/mol. The van der Waals surface area contributed by atoms with Gasteiger partial charge >= 0.3 is 0 Å². The van der Waals surface area contributed by atoms with E-state index in [0.29, 0.717) is 5.11 Å². The monoisotopic (exact) mass is 339 g/mol. The number of benzene rings is 2. The molecule has 1 heterocycles. The van der Waals surface area contributed by atoms with Gasteiger partial charge in [-0.1, -0.05) is 42.0 Å². The molecule has 0 bridgehead atoms. The normalized spacial score (nSPS) is 16.7. The standard InChI is InChI=1S/C19H21N3OS/c1-13-4-6-14(7-5-13)17-12-18(22(21-17)19(24)20-2)15-8-10-16(23-3)11-9-15/h4-11,18H,12H2,1-3H3,(H,20,24)/t18-/m0/s1. The minimum Gasteiger partial charge on any atom is -0.497 e. The maximum atomic E-state index is 5.45. The minimum atomic E-state index is 0.0900. The van der Waals surface area contributed by atoms with Crippen molar-refractivity contribution in [2.45, 2.75) is 19.4 Å². The molecule has 0 amide bonds. The van der Waals surface area contributed by atoms with Crippen LogP contribution < -0.4 is 10.1 Å². The number of hydrazone groups is 1. The molecule has 0 saturated heterocycles. The predicted octanol–water partition coefficient (Wildman–Crippen LogP) is 3.66. The Labute approximate surface area is 148 Å². The Bertz CT molecular complexity index is 753. The van der Waals surface area contributed by atoms with Crippen LogP contribution >= 0.6 is 12.2 Å². The van der Waals surface area contributed by atoms with Crippen LogP contribution in [0.1, 0.15) is 29.2 Å². The molecule has 24 heavy (non-hydrogen) atoms. The van der Waals surface area contributed by atoms with Crippen LogP contribution in [0.5, 0.6) is 5.75 Å². The van der Waals surface area contributed by atoms with Crippen molar-refractivity contribution in [3.63, 3.8) is 0 Å². The van der Waals surface area contributed by atoms with E-state index >= 15 is 0 Å². The van der Waals surface area contributed by atoms with Gasteiger partial charge in [0, 0.05) is 13.5 Å². The predicted molar refractivity (Wildman–Crippen MR) is 102 cm³/mol. The van der Waals surface area contributed by atoms with Crippen LogP contribution in [-0.4, -0.2) is 30.0 Å². The molecule has 0 aromatic heterocycles. The zero-order valence-corrected chi connectivity index (χ0v) is 14.9. The largest absolute Gasteiger partial charge is 0.497 e. The summed E-state index contributed by atoms with van der Waals surface area (Å²) in [5.41, 5.74) is 4.60. The first-order chi connectivity index (χ1) is 11.6. The summed E-state index contributed by atoms with van der Waals surface area (Å²) in [5.74, 6) is 0.846. The number of rotatable bonds is 3. The van der Waals surface area contributed by atoms with Crippen LogP contribution in [0.2, 0.25) is 0 Å². The second-order valence-electron chi connectivity index (χ2n) is 5.81. The number of hydrogen-bond donors (Lipinski definition) is 1. The Morgan fingerprint density at radius 1 is 1.17 bits per heavy atom. The van der Waals surface area contributed by atoms with Crippen LogP contribution in [0.25, 0.3) is 0 Å². The van der Waals surface area contributed by atoms with Crippen LogP contribution in [-0.2, 0) is 0 Å². The summed E-state index contributed by atoms with van der Waals surface area (Å²) in [6.45, 7) is 2.09. The molecule has 124 valence electrons. The quantitative estimate of drug-likeness (QED) is 0.866. The number of methoxy groups -OCH3 is 1. The van der Waals surface area contributed by atoms with Crippen LogP contribution in [0.15, 0.2) is 53.6 Å². The Morgan fingerprint density at radius 3 is 2.42 bits per heavy atom. The van der Waals surface area contributed by atoms with Crippen molar-refractivity contribution in [1.82, 2.24) is 10.3 Å². The number of nitrogens with zero attached hydrogens (tertiary/aromatic N) is 2.